The van der Waals surface area contributed by atoms with E-state index in [4.69, 9.17) is 0 Å². The highest BCUT2D eigenvalue weighted by Crippen LogP contribution is 2.23. The van der Waals surface area contributed by atoms with E-state index in [9.17, 15) is 0 Å². The molecule has 0 aromatic heterocycles. The summed E-state index contributed by atoms with van der Waals surface area (Å²) in [5.74, 6) is 2.04. The summed E-state index contributed by atoms with van der Waals surface area (Å²) < 4.78 is 0. The second-order valence-electron chi connectivity index (χ2n) is 3.44. The van der Waals surface area contributed by atoms with Gasteiger partial charge in [0.2, 0.25) is 0 Å². The van der Waals surface area contributed by atoms with Crippen molar-refractivity contribution in [3.63, 3.8) is 0 Å². The van der Waals surface area contributed by atoms with Crippen LogP contribution in [0.5, 0.6) is 0 Å². The van der Waals surface area contributed by atoms with Gasteiger partial charge in [-0.05, 0) is 42.8 Å². The molecule has 2 aliphatic heterocycles. The summed E-state index contributed by atoms with van der Waals surface area (Å²) in [6.45, 7) is 2.40. The number of rotatable bonds is 1. The lowest BCUT2D eigenvalue weighted by Crippen LogP contribution is -2.26. The van der Waals surface area contributed by atoms with Crippen LogP contribution in [0.25, 0.3) is 0 Å². The first kappa shape index (κ1) is 8.39. The third-order valence-corrected chi connectivity index (χ3v) is 3.29. The number of piperidine rings is 1. The summed E-state index contributed by atoms with van der Waals surface area (Å²) in [4.78, 5) is 0. The van der Waals surface area contributed by atoms with Crippen molar-refractivity contribution in [1.29, 1.82) is 0 Å². The fraction of sp³-hybridized carbons (Fsp3) is 0.600. The summed E-state index contributed by atoms with van der Waals surface area (Å²) >= 11 is 1.91. The third kappa shape index (κ3) is 2.14. The van der Waals surface area contributed by atoms with Crippen LogP contribution < -0.4 is 5.32 Å². The lowest BCUT2D eigenvalue weighted by atomic mass is 9.96. The smallest absolute Gasteiger partial charge is 0.0223 e. The highest BCUT2D eigenvalue weighted by atomic mass is 32.2. The number of nitrogens with one attached hydrogen (secondary N) is 1. The van der Waals surface area contributed by atoms with E-state index in [1.165, 1.54) is 37.3 Å². The Bertz CT molecular complexity index is 202. The van der Waals surface area contributed by atoms with Crippen molar-refractivity contribution in [3.8, 4) is 0 Å². The molecular formula is C10H15NS. The van der Waals surface area contributed by atoms with E-state index in [1.54, 1.807) is 0 Å². The van der Waals surface area contributed by atoms with Crippen LogP contribution in [0.2, 0.25) is 0 Å². The topological polar surface area (TPSA) is 12.0 Å². The Hall–Kier alpha value is -0.210. The molecule has 0 aromatic rings. The van der Waals surface area contributed by atoms with Gasteiger partial charge in [-0.2, -0.15) is 0 Å². The van der Waals surface area contributed by atoms with E-state index in [0.29, 0.717) is 0 Å². The van der Waals surface area contributed by atoms with Crippen LogP contribution in [0, 0.1) is 5.92 Å². The molecule has 2 rings (SSSR count). The molecular weight excluding hydrogens is 166 g/mol. The van der Waals surface area contributed by atoms with Crippen molar-refractivity contribution in [1.82, 2.24) is 5.32 Å². The van der Waals surface area contributed by atoms with Gasteiger partial charge in [-0.3, -0.25) is 0 Å². The fourth-order valence-corrected chi connectivity index (χ4v) is 2.50. The normalized spacial score (nSPS) is 28.5. The first-order chi connectivity index (χ1) is 5.95. The van der Waals surface area contributed by atoms with E-state index in [1.807, 2.05) is 11.8 Å². The standard InChI is InChI=1S/C10H15NS/c1-4-11-5-2-9(1)7-10-3-6-12-8-10/h3,6-7,9,11H,1-2,4-5,8H2. The van der Waals surface area contributed by atoms with Crippen molar-refractivity contribution < 1.29 is 0 Å². The largest absolute Gasteiger partial charge is 0.317 e. The summed E-state index contributed by atoms with van der Waals surface area (Å²) in [5.41, 5.74) is 1.53. The average molecular weight is 181 g/mol. The Morgan fingerprint density at radius 2 is 2.25 bits per heavy atom. The van der Waals surface area contributed by atoms with Gasteiger partial charge in [0.1, 0.15) is 0 Å². The molecule has 2 aliphatic rings. The van der Waals surface area contributed by atoms with Crippen LogP contribution in [0.15, 0.2) is 23.1 Å². The van der Waals surface area contributed by atoms with Gasteiger partial charge >= 0.3 is 0 Å². The summed E-state index contributed by atoms with van der Waals surface area (Å²) in [5, 5.41) is 5.59. The molecule has 1 fully saturated rings. The zero-order chi connectivity index (χ0) is 8.23. The van der Waals surface area contributed by atoms with Crippen LogP contribution in [0.4, 0.5) is 0 Å². The van der Waals surface area contributed by atoms with E-state index in [0.717, 1.165) is 5.92 Å². The Balaban J connectivity index is 1.91. The molecule has 1 saturated heterocycles. The predicted octanol–water partition coefficient (Wildman–Crippen LogP) is 2.17. The SMILES string of the molecule is C1=CC(=CC2CCNCC2)CS1. The molecule has 2 heterocycles. The van der Waals surface area contributed by atoms with E-state index < -0.39 is 0 Å². The van der Waals surface area contributed by atoms with Crippen LogP contribution in [0.1, 0.15) is 12.8 Å². The first-order valence-corrected chi connectivity index (χ1v) is 5.69. The van der Waals surface area contributed by atoms with Crippen molar-refractivity contribution in [3.05, 3.63) is 23.1 Å². The summed E-state index contributed by atoms with van der Waals surface area (Å²) in [6.07, 6.45) is 7.37. The van der Waals surface area contributed by atoms with Crippen LogP contribution in [-0.2, 0) is 0 Å². The maximum atomic E-state index is 3.39. The molecule has 1 N–H and O–H groups in total. The molecule has 2 heteroatoms. The molecule has 0 radical (unpaired) electrons. The van der Waals surface area contributed by atoms with Crippen LogP contribution in [-0.4, -0.2) is 18.8 Å². The lowest BCUT2D eigenvalue weighted by molar-refractivity contribution is 0.435. The Labute approximate surface area is 78.3 Å². The van der Waals surface area contributed by atoms with Gasteiger partial charge in [-0.1, -0.05) is 12.2 Å². The number of allylic oxidation sites excluding steroid dienone is 2. The van der Waals surface area contributed by atoms with Gasteiger partial charge in [0.05, 0.1) is 0 Å². The highest BCUT2D eigenvalue weighted by Gasteiger charge is 2.11. The van der Waals surface area contributed by atoms with Crippen molar-refractivity contribution in [2.24, 2.45) is 5.92 Å². The van der Waals surface area contributed by atoms with E-state index in [2.05, 4.69) is 22.9 Å². The lowest BCUT2D eigenvalue weighted by Gasteiger charge is -2.19. The Kier molecular flexibility index (Phi) is 2.90. The second-order valence-corrected chi connectivity index (χ2v) is 4.34. The van der Waals surface area contributed by atoms with Crippen LogP contribution >= 0.6 is 11.8 Å². The molecule has 0 spiro atoms. The Morgan fingerprint density at radius 3 is 2.92 bits per heavy atom. The Morgan fingerprint density at radius 1 is 1.42 bits per heavy atom. The third-order valence-electron chi connectivity index (χ3n) is 2.46. The molecule has 66 valence electrons. The molecule has 0 amide bonds. The zero-order valence-electron chi connectivity index (χ0n) is 7.25. The predicted molar refractivity (Wildman–Crippen MR) is 55.3 cm³/mol. The summed E-state index contributed by atoms with van der Waals surface area (Å²) in [6, 6.07) is 0. The maximum Gasteiger partial charge on any atom is 0.0223 e. The number of hydrogen-bond acceptors (Lipinski definition) is 2. The van der Waals surface area contributed by atoms with Crippen molar-refractivity contribution in [2.75, 3.05) is 18.8 Å². The molecule has 0 saturated carbocycles. The van der Waals surface area contributed by atoms with Gasteiger partial charge in [0, 0.05) is 5.75 Å². The highest BCUT2D eigenvalue weighted by molar-refractivity contribution is 8.02. The van der Waals surface area contributed by atoms with Gasteiger partial charge in [-0.15, -0.1) is 11.8 Å². The molecule has 0 unspecified atom stereocenters. The second kappa shape index (κ2) is 4.15. The fourth-order valence-electron chi connectivity index (χ4n) is 1.75. The van der Waals surface area contributed by atoms with E-state index in [-0.39, 0.29) is 0 Å². The molecule has 0 bridgehead atoms. The minimum atomic E-state index is 0.838. The van der Waals surface area contributed by atoms with Gasteiger partial charge < -0.3 is 5.32 Å². The number of hydrogen-bond donors (Lipinski definition) is 1. The minimum absolute atomic E-state index is 0.838. The molecule has 0 aromatic carbocycles. The van der Waals surface area contributed by atoms with Gasteiger partial charge in [0.25, 0.3) is 0 Å². The monoisotopic (exact) mass is 181 g/mol. The van der Waals surface area contributed by atoms with Gasteiger partial charge in [-0.25, -0.2) is 0 Å². The molecule has 12 heavy (non-hydrogen) atoms. The van der Waals surface area contributed by atoms with Crippen molar-refractivity contribution in [2.45, 2.75) is 12.8 Å². The molecule has 0 atom stereocenters. The van der Waals surface area contributed by atoms with E-state index >= 15 is 0 Å². The maximum absolute atomic E-state index is 3.39. The molecule has 1 nitrogen and oxygen atoms in total. The first-order valence-electron chi connectivity index (χ1n) is 4.65. The number of thioether (sulfide) groups is 1. The molecule has 0 aliphatic carbocycles. The van der Waals surface area contributed by atoms with Crippen LogP contribution in [0.3, 0.4) is 0 Å². The zero-order valence-corrected chi connectivity index (χ0v) is 8.07. The van der Waals surface area contributed by atoms with Gasteiger partial charge in [0.15, 0.2) is 0 Å². The van der Waals surface area contributed by atoms with Crippen molar-refractivity contribution >= 4 is 11.8 Å². The summed E-state index contributed by atoms with van der Waals surface area (Å²) in [7, 11) is 0. The average Bonchev–Trinajstić information content (AvgIpc) is 2.59. The minimum Gasteiger partial charge on any atom is -0.317 e. The quantitative estimate of drug-likeness (QED) is 0.665.